The summed E-state index contributed by atoms with van der Waals surface area (Å²) in [6.07, 6.45) is 5.88. The summed E-state index contributed by atoms with van der Waals surface area (Å²) in [6, 6.07) is 0. The van der Waals surface area contributed by atoms with E-state index in [1.54, 1.807) is 6.08 Å². The summed E-state index contributed by atoms with van der Waals surface area (Å²) >= 11 is 1.48. The normalized spacial score (nSPS) is 32.8. The Bertz CT molecular complexity index is 272. The van der Waals surface area contributed by atoms with Crippen LogP contribution in [0.5, 0.6) is 0 Å². The zero-order valence-electron chi connectivity index (χ0n) is 6.40. The number of amides is 1. The fourth-order valence-corrected chi connectivity index (χ4v) is 2.39. The molecule has 0 aromatic rings. The summed E-state index contributed by atoms with van der Waals surface area (Å²) in [5.41, 5.74) is 5.14. The highest BCUT2D eigenvalue weighted by atomic mass is 32.2. The van der Waals surface area contributed by atoms with Crippen LogP contribution in [0.1, 0.15) is 0 Å². The lowest BCUT2D eigenvalue weighted by Crippen LogP contribution is -2.22. The number of hydrogen-bond donors (Lipinski definition) is 1. The van der Waals surface area contributed by atoms with Gasteiger partial charge in [0.2, 0.25) is 0 Å². The van der Waals surface area contributed by atoms with Crippen molar-refractivity contribution in [2.45, 2.75) is 11.4 Å². The van der Waals surface area contributed by atoms with Crippen LogP contribution < -0.4 is 5.73 Å². The first-order valence-corrected chi connectivity index (χ1v) is 4.62. The standard InChI is InChI=1S/C8H9NO2S/c9-8(10)7-4-5-6(12-7)2-1-3-11-5/h1-2,4-6H,3H2,(H2,9,10). The zero-order valence-corrected chi connectivity index (χ0v) is 7.21. The van der Waals surface area contributed by atoms with E-state index in [9.17, 15) is 4.79 Å². The predicted molar refractivity (Wildman–Crippen MR) is 47.5 cm³/mol. The Morgan fingerprint density at radius 3 is 3.25 bits per heavy atom. The molecule has 0 spiro atoms. The van der Waals surface area contributed by atoms with Crippen molar-refractivity contribution in [3.8, 4) is 0 Å². The number of fused-ring (bicyclic) bond motifs is 1. The van der Waals surface area contributed by atoms with Crippen molar-refractivity contribution in [1.29, 1.82) is 0 Å². The second kappa shape index (κ2) is 2.95. The first kappa shape index (κ1) is 7.89. The molecule has 3 nitrogen and oxygen atoms in total. The Balaban J connectivity index is 2.16. The van der Waals surface area contributed by atoms with E-state index in [1.807, 2.05) is 6.08 Å². The highest BCUT2D eigenvalue weighted by molar-refractivity contribution is 8.05. The molecular weight excluding hydrogens is 174 g/mol. The number of carbonyl (C=O) groups is 1. The van der Waals surface area contributed by atoms with Crippen LogP contribution in [-0.2, 0) is 9.53 Å². The quantitative estimate of drug-likeness (QED) is 0.600. The Morgan fingerprint density at radius 2 is 2.58 bits per heavy atom. The van der Waals surface area contributed by atoms with Crippen molar-refractivity contribution in [2.75, 3.05) is 6.61 Å². The van der Waals surface area contributed by atoms with E-state index >= 15 is 0 Å². The molecule has 0 fully saturated rings. The lowest BCUT2D eigenvalue weighted by molar-refractivity contribution is -0.113. The topological polar surface area (TPSA) is 52.3 Å². The van der Waals surface area contributed by atoms with Crippen LogP contribution in [0, 0.1) is 0 Å². The van der Waals surface area contributed by atoms with E-state index in [1.165, 1.54) is 11.8 Å². The molecule has 0 saturated heterocycles. The van der Waals surface area contributed by atoms with E-state index in [-0.39, 0.29) is 17.3 Å². The van der Waals surface area contributed by atoms with Crippen LogP contribution in [-0.4, -0.2) is 23.9 Å². The van der Waals surface area contributed by atoms with Crippen molar-refractivity contribution in [1.82, 2.24) is 0 Å². The number of hydrogen-bond acceptors (Lipinski definition) is 3. The summed E-state index contributed by atoms with van der Waals surface area (Å²) in [4.78, 5) is 11.4. The molecule has 2 aliphatic rings. The Hall–Kier alpha value is -0.740. The number of carbonyl (C=O) groups excluding carboxylic acids is 1. The Morgan fingerprint density at radius 1 is 1.75 bits per heavy atom. The number of nitrogens with two attached hydrogens (primary N) is 1. The van der Waals surface area contributed by atoms with Crippen molar-refractivity contribution < 1.29 is 9.53 Å². The molecule has 0 aliphatic carbocycles. The van der Waals surface area contributed by atoms with Gasteiger partial charge in [0.15, 0.2) is 0 Å². The number of primary amides is 1. The minimum atomic E-state index is -0.355. The zero-order chi connectivity index (χ0) is 8.55. The largest absolute Gasteiger partial charge is 0.369 e. The van der Waals surface area contributed by atoms with Gasteiger partial charge in [0, 0.05) is 0 Å². The van der Waals surface area contributed by atoms with Gasteiger partial charge in [-0.25, -0.2) is 0 Å². The van der Waals surface area contributed by atoms with Gasteiger partial charge >= 0.3 is 0 Å². The molecule has 2 rings (SSSR count). The van der Waals surface area contributed by atoms with Crippen LogP contribution in [0.15, 0.2) is 23.1 Å². The smallest absolute Gasteiger partial charge is 0.254 e. The highest BCUT2D eigenvalue weighted by Gasteiger charge is 2.30. The third kappa shape index (κ3) is 1.28. The van der Waals surface area contributed by atoms with Crippen LogP contribution in [0.4, 0.5) is 0 Å². The number of ether oxygens (including phenoxy) is 1. The molecule has 12 heavy (non-hydrogen) atoms. The van der Waals surface area contributed by atoms with Crippen molar-refractivity contribution in [3.63, 3.8) is 0 Å². The summed E-state index contributed by atoms with van der Waals surface area (Å²) in [7, 11) is 0. The molecule has 2 N–H and O–H groups in total. The Kier molecular flexibility index (Phi) is 1.94. The maximum Gasteiger partial charge on any atom is 0.254 e. The van der Waals surface area contributed by atoms with E-state index in [0.29, 0.717) is 11.5 Å². The second-order valence-corrected chi connectivity index (χ2v) is 3.92. The Labute approximate surface area is 74.6 Å². The summed E-state index contributed by atoms with van der Waals surface area (Å²) in [6.45, 7) is 0.629. The molecule has 2 heterocycles. The van der Waals surface area contributed by atoms with Gasteiger partial charge in [-0.15, -0.1) is 11.8 Å². The minimum absolute atomic E-state index is 0.0440. The number of rotatable bonds is 1. The molecule has 0 radical (unpaired) electrons. The first-order valence-electron chi connectivity index (χ1n) is 3.74. The van der Waals surface area contributed by atoms with Crippen molar-refractivity contribution in [3.05, 3.63) is 23.1 Å². The van der Waals surface area contributed by atoms with Gasteiger partial charge in [0.05, 0.1) is 22.9 Å². The molecule has 0 saturated carbocycles. The van der Waals surface area contributed by atoms with E-state index in [4.69, 9.17) is 10.5 Å². The maximum absolute atomic E-state index is 10.8. The van der Waals surface area contributed by atoms with Crippen molar-refractivity contribution >= 4 is 17.7 Å². The lowest BCUT2D eigenvalue weighted by Gasteiger charge is -2.18. The summed E-state index contributed by atoms with van der Waals surface area (Å²) < 4.78 is 5.39. The van der Waals surface area contributed by atoms with Gasteiger partial charge in [-0.3, -0.25) is 4.79 Å². The van der Waals surface area contributed by atoms with Crippen LogP contribution >= 0.6 is 11.8 Å². The monoisotopic (exact) mass is 183 g/mol. The van der Waals surface area contributed by atoms with Crippen LogP contribution in [0.2, 0.25) is 0 Å². The maximum atomic E-state index is 10.8. The lowest BCUT2D eigenvalue weighted by atomic mass is 10.2. The van der Waals surface area contributed by atoms with E-state index < -0.39 is 0 Å². The SMILES string of the molecule is NC(=O)C1=CC2OCC=CC2S1. The molecule has 0 aromatic heterocycles. The average molecular weight is 183 g/mol. The molecule has 64 valence electrons. The van der Waals surface area contributed by atoms with E-state index in [0.717, 1.165) is 0 Å². The van der Waals surface area contributed by atoms with Gasteiger partial charge in [-0.2, -0.15) is 0 Å². The molecule has 1 amide bonds. The number of thioether (sulfide) groups is 1. The fourth-order valence-electron chi connectivity index (χ4n) is 1.29. The molecule has 0 bridgehead atoms. The summed E-state index contributed by atoms with van der Waals surface area (Å²) in [5.74, 6) is -0.355. The first-order chi connectivity index (χ1) is 5.77. The van der Waals surface area contributed by atoms with E-state index in [2.05, 4.69) is 6.08 Å². The fraction of sp³-hybridized carbons (Fsp3) is 0.375. The van der Waals surface area contributed by atoms with Crippen LogP contribution in [0.3, 0.4) is 0 Å². The second-order valence-electron chi connectivity index (χ2n) is 2.70. The molecule has 4 heteroatoms. The van der Waals surface area contributed by atoms with Gasteiger partial charge in [0.1, 0.15) is 0 Å². The van der Waals surface area contributed by atoms with Gasteiger partial charge in [-0.05, 0) is 6.08 Å². The van der Waals surface area contributed by atoms with Gasteiger partial charge in [0.25, 0.3) is 5.91 Å². The van der Waals surface area contributed by atoms with Gasteiger partial charge in [-0.1, -0.05) is 12.2 Å². The molecule has 0 aromatic carbocycles. The summed E-state index contributed by atoms with van der Waals surface area (Å²) in [5, 5.41) is 0.251. The third-order valence-electron chi connectivity index (χ3n) is 1.86. The van der Waals surface area contributed by atoms with Crippen LogP contribution in [0.25, 0.3) is 0 Å². The average Bonchev–Trinajstić information content (AvgIpc) is 2.46. The molecular formula is C8H9NO2S. The van der Waals surface area contributed by atoms with Gasteiger partial charge < -0.3 is 10.5 Å². The molecule has 2 atom stereocenters. The highest BCUT2D eigenvalue weighted by Crippen LogP contribution is 2.36. The molecule has 2 aliphatic heterocycles. The predicted octanol–water partition coefficient (Wildman–Crippen LogP) is 0.426. The third-order valence-corrected chi connectivity index (χ3v) is 3.14. The minimum Gasteiger partial charge on any atom is -0.369 e. The van der Waals surface area contributed by atoms with Crippen molar-refractivity contribution in [2.24, 2.45) is 5.73 Å². The molecule has 2 unspecified atom stereocenters.